The van der Waals surface area contributed by atoms with Gasteiger partial charge in [-0.2, -0.15) is 0 Å². The molecule has 5 nitrogen and oxygen atoms in total. The number of benzene rings is 2. The Balaban J connectivity index is 2.06. The first kappa shape index (κ1) is 19.8. The third kappa shape index (κ3) is 4.55. The van der Waals surface area contributed by atoms with Crippen LogP contribution in [0.3, 0.4) is 0 Å². The highest BCUT2D eigenvalue weighted by Crippen LogP contribution is 2.27. The van der Waals surface area contributed by atoms with Crippen LogP contribution < -0.4 is 15.4 Å². The number of methoxy groups -OCH3 is 1. The van der Waals surface area contributed by atoms with Crippen LogP contribution in [0.25, 0.3) is 0 Å². The van der Waals surface area contributed by atoms with Gasteiger partial charge in [0.05, 0.1) is 18.2 Å². The van der Waals surface area contributed by atoms with E-state index in [0.29, 0.717) is 16.5 Å². The van der Waals surface area contributed by atoms with E-state index in [1.165, 1.54) is 18.7 Å². The van der Waals surface area contributed by atoms with Crippen LogP contribution in [0.15, 0.2) is 30.3 Å². The number of nitrogens with one attached hydrogen (secondary N) is 2. The summed E-state index contributed by atoms with van der Waals surface area (Å²) in [7, 11) is 1.50. The Morgan fingerprint density at radius 1 is 1.00 bits per heavy atom. The molecular weight excluding hydrogens is 352 g/mol. The first-order valence-electron chi connectivity index (χ1n) is 8.26. The fraction of sp³-hybridized carbons (Fsp3) is 0.300. The topological polar surface area (TPSA) is 67.4 Å². The Hall–Kier alpha value is -2.53. The Kier molecular flexibility index (Phi) is 6.27. The summed E-state index contributed by atoms with van der Waals surface area (Å²) in [5, 5.41) is 5.62. The minimum absolute atomic E-state index is 0.285. The van der Waals surface area contributed by atoms with Gasteiger partial charge >= 0.3 is 11.8 Å². The van der Waals surface area contributed by atoms with Gasteiger partial charge in [-0.1, -0.05) is 23.7 Å². The van der Waals surface area contributed by atoms with Gasteiger partial charge in [0.2, 0.25) is 0 Å². The van der Waals surface area contributed by atoms with Crippen LogP contribution in [-0.2, 0) is 9.59 Å². The number of hydrogen-bond acceptors (Lipinski definition) is 3. The molecule has 0 radical (unpaired) electrons. The molecule has 2 rings (SSSR count). The van der Waals surface area contributed by atoms with Gasteiger partial charge in [-0.3, -0.25) is 9.59 Å². The highest BCUT2D eigenvalue weighted by molar-refractivity contribution is 6.40. The van der Waals surface area contributed by atoms with E-state index in [4.69, 9.17) is 16.3 Å². The smallest absolute Gasteiger partial charge is 0.313 e. The summed E-state index contributed by atoms with van der Waals surface area (Å²) in [4.78, 5) is 24.4. The monoisotopic (exact) mass is 374 g/mol. The van der Waals surface area contributed by atoms with Gasteiger partial charge in [0.15, 0.2) is 0 Å². The predicted octanol–water partition coefficient (Wildman–Crippen LogP) is 4.09. The minimum atomic E-state index is -0.750. The molecule has 0 heterocycles. The van der Waals surface area contributed by atoms with Crippen LogP contribution in [0.1, 0.15) is 35.2 Å². The van der Waals surface area contributed by atoms with Gasteiger partial charge in [0.25, 0.3) is 0 Å². The van der Waals surface area contributed by atoms with Crippen molar-refractivity contribution < 1.29 is 14.3 Å². The molecular formula is C20H23ClN2O3. The lowest BCUT2D eigenvalue weighted by Gasteiger charge is -2.18. The van der Waals surface area contributed by atoms with E-state index in [1.807, 2.05) is 33.8 Å². The maximum Gasteiger partial charge on any atom is 0.313 e. The lowest BCUT2D eigenvalue weighted by Crippen LogP contribution is -2.37. The van der Waals surface area contributed by atoms with Gasteiger partial charge in [0.1, 0.15) is 5.75 Å². The van der Waals surface area contributed by atoms with Gasteiger partial charge in [-0.15, -0.1) is 0 Å². The van der Waals surface area contributed by atoms with Crippen molar-refractivity contribution in [2.24, 2.45) is 0 Å². The van der Waals surface area contributed by atoms with Crippen LogP contribution >= 0.6 is 11.6 Å². The third-order valence-electron chi connectivity index (χ3n) is 4.31. The summed E-state index contributed by atoms with van der Waals surface area (Å²) in [5.74, 6) is -0.963. The Morgan fingerprint density at radius 3 is 2.27 bits per heavy atom. The summed E-state index contributed by atoms with van der Waals surface area (Å²) < 4.78 is 5.06. The van der Waals surface area contributed by atoms with Crippen molar-refractivity contribution in [3.05, 3.63) is 57.6 Å². The van der Waals surface area contributed by atoms with Crippen molar-refractivity contribution in [3.8, 4) is 5.75 Å². The molecule has 0 aliphatic rings. The fourth-order valence-corrected chi connectivity index (χ4v) is 2.98. The number of carbonyl (C=O) groups is 2. The van der Waals surface area contributed by atoms with E-state index < -0.39 is 11.8 Å². The molecule has 1 unspecified atom stereocenters. The number of hydrogen-bond donors (Lipinski definition) is 2. The number of amides is 2. The SMILES string of the molecule is COc1ccc(NC(=O)C(=O)NC(C)c2cc(C)c(C)cc2C)cc1Cl. The maximum absolute atomic E-state index is 12.2. The second-order valence-electron chi connectivity index (χ2n) is 6.29. The standard InChI is InChI=1S/C20H23ClN2O3/c1-11-8-13(3)16(9-12(11)2)14(4)22-19(24)20(25)23-15-6-7-18(26-5)17(21)10-15/h6-10,14H,1-5H3,(H,22,24)(H,23,25). The number of aryl methyl sites for hydroxylation is 3. The summed E-state index contributed by atoms with van der Waals surface area (Å²) in [6, 6.07) is 8.60. The Labute approximate surface area is 158 Å². The quantitative estimate of drug-likeness (QED) is 0.792. The predicted molar refractivity (Wildman–Crippen MR) is 104 cm³/mol. The molecule has 0 bridgehead atoms. The molecule has 2 aromatic rings. The lowest BCUT2D eigenvalue weighted by atomic mass is 9.96. The van der Waals surface area contributed by atoms with Gasteiger partial charge in [-0.05, 0) is 68.1 Å². The number of anilines is 1. The molecule has 2 N–H and O–H groups in total. The second-order valence-corrected chi connectivity index (χ2v) is 6.70. The van der Waals surface area contributed by atoms with E-state index >= 15 is 0 Å². The molecule has 2 amide bonds. The van der Waals surface area contributed by atoms with E-state index in [-0.39, 0.29) is 6.04 Å². The van der Waals surface area contributed by atoms with Crippen LogP contribution in [0, 0.1) is 20.8 Å². The number of carbonyl (C=O) groups excluding carboxylic acids is 2. The molecule has 0 saturated heterocycles. The highest BCUT2D eigenvalue weighted by atomic mass is 35.5. The molecule has 0 fully saturated rings. The zero-order valence-corrected chi connectivity index (χ0v) is 16.3. The van der Waals surface area contributed by atoms with E-state index in [1.54, 1.807) is 12.1 Å². The molecule has 26 heavy (non-hydrogen) atoms. The van der Waals surface area contributed by atoms with Crippen LogP contribution in [0.5, 0.6) is 5.75 Å². The highest BCUT2D eigenvalue weighted by Gasteiger charge is 2.19. The van der Waals surface area contributed by atoms with Crippen LogP contribution in [0.2, 0.25) is 5.02 Å². The third-order valence-corrected chi connectivity index (χ3v) is 4.61. The van der Waals surface area contributed by atoms with Crippen molar-refractivity contribution in [2.75, 3.05) is 12.4 Å². The molecule has 6 heteroatoms. The summed E-state index contributed by atoms with van der Waals surface area (Å²) in [5.41, 5.74) is 4.82. The Bertz CT molecular complexity index is 849. The largest absolute Gasteiger partial charge is 0.495 e. The molecule has 0 aromatic heterocycles. The summed E-state index contributed by atoms with van der Waals surface area (Å²) in [6.45, 7) is 7.91. The number of ether oxygens (including phenoxy) is 1. The van der Waals surface area contributed by atoms with E-state index in [0.717, 1.165) is 16.7 Å². The van der Waals surface area contributed by atoms with Crippen molar-refractivity contribution in [3.63, 3.8) is 0 Å². The average Bonchev–Trinajstić information content (AvgIpc) is 2.58. The molecule has 0 spiro atoms. The van der Waals surface area contributed by atoms with Crippen molar-refractivity contribution in [1.82, 2.24) is 5.32 Å². The van der Waals surface area contributed by atoms with Crippen molar-refractivity contribution in [1.29, 1.82) is 0 Å². The molecule has 1 atom stereocenters. The molecule has 0 aliphatic heterocycles. The van der Waals surface area contributed by atoms with E-state index in [9.17, 15) is 9.59 Å². The normalized spacial score (nSPS) is 11.6. The number of rotatable bonds is 4. The number of halogens is 1. The molecule has 0 aliphatic carbocycles. The fourth-order valence-electron chi connectivity index (χ4n) is 2.72. The van der Waals surface area contributed by atoms with Crippen molar-refractivity contribution >= 4 is 29.1 Å². The first-order chi connectivity index (χ1) is 12.2. The zero-order valence-electron chi connectivity index (χ0n) is 15.6. The lowest BCUT2D eigenvalue weighted by molar-refractivity contribution is -0.136. The average molecular weight is 375 g/mol. The zero-order chi connectivity index (χ0) is 19.4. The van der Waals surface area contributed by atoms with Gasteiger partial charge in [0, 0.05) is 5.69 Å². The molecule has 138 valence electrons. The second kappa shape index (κ2) is 8.23. The molecule has 2 aromatic carbocycles. The van der Waals surface area contributed by atoms with Gasteiger partial charge < -0.3 is 15.4 Å². The summed E-state index contributed by atoms with van der Waals surface area (Å²) in [6.07, 6.45) is 0. The molecule has 0 saturated carbocycles. The van der Waals surface area contributed by atoms with E-state index in [2.05, 4.69) is 16.7 Å². The maximum atomic E-state index is 12.2. The van der Waals surface area contributed by atoms with Gasteiger partial charge in [-0.25, -0.2) is 0 Å². The Morgan fingerprint density at radius 2 is 1.65 bits per heavy atom. The van der Waals surface area contributed by atoms with Crippen LogP contribution in [-0.4, -0.2) is 18.9 Å². The first-order valence-corrected chi connectivity index (χ1v) is 8.64. The van der Waals surface area contributed by atoms with Crippen LogP contribution in [0.4, 0.5) is 5.69 Å². The minimum Gasteiger partial charge on any atom is -0.495 e. The van der Waals surface area contributed by atoms with Crippen molar-refractivity contribution in [2.45, 2.75) is 33.7 Å². The summed E-state index contributed by atoms with van der Waals surface area (Å²) >= 11 is 6.03.